The van der Waals surface area contributed by atoms with Crippen LogP contribution in [-0.2, 0) is 7.05 Å². The fourth-order valence-electron chi connectivity index (χ4n) is 2.60. The van der Waals surface area contributed by atoms with E-state index in [1.54, 1.807) is 4.68 Å². The lowest BCUT2D eigenvalue weighted by Gasteiger charge is -2.01. The number of hydrogen-bond acceptors (Lipinski definition) is 3. The molecule has 0 atom stereocenters. The molecule has 2 aromatic heterocycles. The molecule has 0 spiro atoms. The van der Waals surface area contributed by atoms with Gasteiger partial charge in [0, 0.05) is 19.2 Å². The number of aryl methyl sites for hydroxylation is 2. The normalized spacial score (nSPS) is 16.8. The second kappa shape index (κ2) is 3.98. The van der Waals surface area contributed by atoms with Crippen molar-refractivity contribution in [3.05, 3.63) is 17.7 Å². The first-order valence-electron chi connectivity index (χ1n) is 6.17. The summed E-state index contributed by atoms with van der Waals surface area (Å²) in [7, 11) is 1.92. The van der Waals surface area contributed by atoms with Crippen LogP contribution in [0.2, 0.25) is 0 Å². The molecule has 1 saturated carbocycles. The zero-order valence-corrected chi connectivity index (χ0v) is 10.3. The van der Waals surface area contributed by atoms with E-state index >= 15 is 0 Å². The van der Waals surface area contributed by atoms with Crippen LogP contribution in [0, 0.1) is 6.92 Å². The van der Waals surface area contributed by atoms with E-state index in [1.807, 2.05) is 20.2 Å². The lowest BCUT2D eigenvalue weighted by Crippen LogP contribution is -1.94. The van der Waals surface area contributed by atoms with Crippen LogP contribution in [0.3, 0.4) is 0 Å². The number of H-pyrrole nitrogens is 1. The molecular weight excluding hydrogens is 214 g/mol. The Labute approximate surface area is 100 Å². The van der Waals surface area contributed by atoms with Crippen LogP contribution in [0.25, 0.3) is 11.4 Å². The maximum atomic E-state index is 4.62. The third kappa shape index (κ3) is 1.85. The van der Waals surface area contributed by atoms with Gasteiger partial charge in [-0.25, -0.2) is 4.98 Å². The molecule has 0 aromatic carbocycles. The highest BCUT2D eigenvalue weighted by molar-refractivity contribution is 5.56. The lowest BCUT2D eigenvalue weighted by molar-refractivity contribution is 0.672. The van der Waals surface area contributed by atoms with Crippen molar-refractivity contribution in [2.45, 2.75) is 38.5 Å². The van der Waals surface area contributed by atoms with Crippen molar-refractivity contribution in [3.63, 3.8) is 0 Å². The molecule has 2 heterocycles. The summed E-state index contributed by atoms with van der Waals surface area (Å²) in [5, 5.41) is 11.7. The predicted octanol–water partition coefficient (Wildman–Crippen LogP) is 2.17. The smallest absolute Gasteiger partial charge is 0.184 e. The summed E-state index contributed by atoms with van der Waals surface area (Å²) in [5.74, 6) is 2.39. The summed E-state index contributed by atoms with van der Waals surface area (Å²) in [6.07, 6.45) is 7.07. The first-order chi connectivity index (χ1) is 8.24. The van der Waals surface area contributed by atoms with Crippen molar-refractivity contribution >= 4 is 0 Å². The molecule has 0 saturated heterocycles. The number of rotatable bonds is 2. The number of hydrogen-bond donors (Lipinski definition) is 1. The third-order valence-corrected chi connectivity index (χ3v) is 3.50. The monoisotopic (exact) mass is 231 g/mol. The van der Waals surface area contributed by atoms with Crippen molar-refractivity contribution in [1.82, 2.24) is 25.0 Å². The molecule has 0 amide bonds. The number of aromatic amines is 1. The van der Waals surface area contributed by atoms with Gasteiger partial charge in [-0.05, 0) is 19.8 Å². The summed E-state index contributed by atoms with van der Waals surface area (Å²) in [5.41, 5.74) is 2.00. The largest absolute Gasteiger partial charge is 0.275 e. The number of nitrogens with zero attached hydrogens (tertiary/aromatic N) is 4. The second-order valence-electron chi connectivity index (χ2n) is 4.83. The van der Waals surface area contributed by atoms with Gasteiger partial charge in [-0.2, -0.15) is 10.2 Å². The van der Waals surface area contributed by atoms with Gasteiger partial charge in [-0.3, -0.25) is 9.78 Å². The Morgan fingerprint density at radius 2 is 2.12 bits per heavy atom. The minimum atomic E-state index is 0.577. The molecule has 0 aliphatic heterocycles. The van der Waals surface area contributed by atoms with Gasteiger partial charge in [0.15, 0.2) is 5.82 Å². The molecule has 1 aliphatic rings. The van der Waals surface area contributed by atoms with E-state index in [0.29, 0.717) is 5.92 Å². The molecule has 5 nitrogen and oxygen atoms in total. The van der Waals surface area contributed by atoms with Gasteiger partial charge in [0.1, 0.15) is 5.82 Å². The zero-order chi connectivity index (χ0) is 11.8. The Kier molecular flexibility index (Phi) is 2.46. The topological polar surface area (TPSA) is 59.4 Å². The van der Waals surface area contributed by atoms with E-state index in [4.69, 9.17) is 0 Å². The van der Waals surface area contributed by atoms with Gasteiger partial charge in [0.2, 0.25) is 0 Å². The molecule has 0 bridgehead atoms. The van der Waals surface area contributed by atoms with Crippen LogP contribution in [0.4, 0.5) is 0 Å². The average molecular weight is 231 g/mol. The van der Waals surface area contributed by atoms with Crippen molar-refractivity contribution in [2.24, 2.45) is 7.05 Å². The van der Waals surface area contributed by atoms with Crippen molar-refractivity contribution < 1.29 is 0 Å². The number of aromatic nitrogens is 5. The summed E-state index contributed by atoms with van der Waals surface area (Å²) in [6, 6.07) is 0. The van der Waals surface area contributed by atoms with Gasteiger partial charge < -0.3 is 0 Å². The number of nitrogens with one attached hydrogen (secondary N) is 1. The summed E-state index contributed by atoms with van der Waals surface area (Å²) >= 11 is 0. The van der Waals surface area contributed by atoms with Crippen LogP contribution in [0.15, 0.2) is 6.20 Å². The average Bonchev–Trinajstić information content (AvgIpc) is 2.97. The van der Waals surface area contributed by atoms with Crippen molar-refractivity contribution in [2.75, 3.05) is 0 Å². The van der Waals surface area contributed by atoms with Gasteiger partial charge in [0.05, 0.1) is 11.3 Å². The molecule has 2 aromatic rings. The van der Waals surface area contributed by atoms with Crippen molar-refractivity contribution in [1.29, 1.82) is 0 Å². The van der Waals surface area contributed by atoms with E-state index < -0.39 is 0 Å². The summed E-state index contributed by atoms with van der Waals surface area (Å²) < 4.78 is 1.80. The van der Waals surface area contributed by atoms with Crippen LogP contribution in [-0.4, -0.2) is 25.0 Å². The molecule has 0 radical (unpaired) electrons. The van der Waals surface area contributed by atoms with E-state index in [9.17, 15) is 0 Å². The highest BCUT2D eigenvalue weighted by atomic mass is 15.3. The fourth-order valence-corrected chi connectivity index (χ4v) is 2.60. The summed E-state index contributed by atoms with van der Waals surface area (Å²) in [4.78, 5) is 4.62. The Hall–Kier alpha value is -1.65. The fraction of sp³-hybridized carbons (Fsp3) is 0.583. The Balaban J connectivity index is 1.91. The summed E-state index contributed by atoms with van der Waals surface area (Å²) in [6.45, 7) is 1.99. The minimum absolute atomic E-state index is 0.577. The SMILES string of the molecule is Cc1nn(C)cc1-c1n[nH]c(C2CCCC2)n1. The first-order valence-corrected chi connectivity index (χ1v) is 6.17. The molecule has 3 rings (SSSR count). The molecule has 90 valence electrons. The van der Waals surface area contributed by atoms with E-state index in [0.717, 1.165) is 22.9 Å². The quantitative estimate of drug-likeness (QED) is 0.861. The standard InChI is InChI=1S/C12H17N5/c1-8-10(7-17(2)16-8)12-13-11(14-15-12)9-5-3-4-6-9/h7,9H,3-6H2,1-2H3,(H,13,14,15). The molecule has 1 aliphatic carbocycles. The van der Waals surface area contributed by atoms with E-state index in [1.165, 1.54) is 25.7 Å². The molecule has 5 heteroatoms. The predicted molar refractivity (Wildman–Crippen MR) is 64.5 cm³/mol. The molecular formula is C12H17N5. The first kappa shape index (κ1) is 10.5. The Morgan fingerprint density at radius 1 is 1.35 bits per heavy atom. The molecule has 1 N–H and O–H groups in total. The zero-order valence-electron chi connectivity index (χ0n) is 10.3. The van der Waals surface area contributed by atoms with Crippen LogP contribution < -0.4 is 0 Å². The molecule has 0 unspecified atom stereocenters. The van der Waals surface area contributed by atoms with Crippen LogP contribution in [0.5, 0.6) is 0 Å². The lowest BCUT2D eigenvalue weighted by atomic mass is 10.1. The maximum absolute atomic E-state index is 4.62. The van der Waals surface area contributed by atoms with E-state index in [2.05, 4.69) is 20.3 Å². The second-order valence-corrected chi connectivity index (χ2v) is 4.83. The van der Waals surface area contributed by atoms with Gasteiger partial charge in [0.25, 0.3) is 0 Å². The third-order valence-electron chi connectivity index (χ3n) is 3.50. The van der Waals surface area contributed by atoms with E-state index in [-0.39, 0.29) is 0 Å². The highest BCUT2D eigenvalue weighted by Gasteiger charge is 2.21. The van der Waals surface area contributed by atoms with Gasteiger partial charge >= 0.3 is 0 Å². The van der Waals surface area contributed by atoms with Crippen molar-refractivity contribution in [3.8, 4) is 11.4 Å². The Bertz CT molecular complexity index is 519. The molecule has 17 heavy (non-hydrogen) atoms. The molecule has 1 fully saturated rings. The van der Waals surface area contributed by atoms with Gasteiger partial charge in [-0.1, -0.05) is 12.8 Å². The highest BCUT2D eigenvalue weighted by Crippen LogP contribution is 2.32. The minimum Gasteiger partial charge on any atom is -0.275 e. The van der Waals surface area contributed by atoms with Crippen LogP contribution >= 0.6 is 0 Å². The van der Waals surface area contributed by atoms with Crippen LogP contribution in [0.1, 0.15) is 43.1 Å². The Morgan fingerprint density at radius 3 is 2.76 bits per heavy atom. The maximum Gasteiger partial charge on any atom is 0.184 e. The van der Waals surface area contributed by atoms with Gasteiger partial charge in [-0.15, -0.1) is 0 Å².